The lowest BCUT2D eigenvalue weighted by Gasteiger charge is -2.16. The molecule has 4 rings (SSSR count). The van der Waals surface area contributed by atoms with Crippen molar-refractivity contribution in [2.45, 2.75) is 6.42 Å². The van der Waals surface area contributed by atoms with Crippen LogP contribution in [0.4, 0.5) is 0 Å². The predicted molar refractivity (Wildman–Crippen MR) is 124 cm³/mol. The van der Waals surface area contributed by atoms with Crippen molar-refractivity contribution in [3.05, 3.63) is 88.6 Å². The van der Waals surface area contributed by atoms with Crippen molar-refractivity contribution in [1.82, 2.24) is 4.98 Å². The van der Waals surface area contributed by atoms with Crippen LogP contribution in [0, 0.1) is 5.41 Å². The molecule has 0 bridgehead atoms. The van der Waals surface area contributed by atoms with E-state index in [1.165, 1.54) is 19.2 Å². The van der Waals surface area contributed by atoms with Gasteiger partial charge in [0.25, 0.3) is 0 Å². The van der Waals surface area contributed by atoms with Gasteiger partial charge >= 0.3 is 11.9 Å². The summed E-state index contributed by atoms with van der Waals surface area (Å²) in [5, 5.41) is 28.3. The molecule has 4 aromatic rings. The molecule has 0 saturated carbocycles. The number of benzene rings is 3. The summed E-state index contributed by atoms with van der Waals surface area (Å²) in [4.78, 5) is 27.3. The molecular weight excluding hydrogens is 422 g/mol. The molecule has 8 heteroatoms. The number of nitrogens with two attached hydrogens (primary N) is 1. The minimum Gasteiger partial charge on any atom is -0.497 e. The number of hydrogen-bond acceptors (Lipinski definition) is 4. The SMILES string of the molecule is COc1cc(C(=O)O)c(-c2ccccc2Cc2c[nH]c3ccc(C(=N)N)cc23)c(C(=O)O)c1. The predicted octanol–water partition coefficient (Wildman–Crippen LogP) is 4.11. The van der Waals surface area contributed by atoms with Gasteiger partial charge in [-0.25, -0.2) is 9.59 Å². The van der Waals surface area contributed by atoms with Crippen LogP contribution in [0.15, 0.2) is 60.8 Å². The van der Waals surface area contributed by atoms with Gasteiger partial charge in [-0.1, -0.05) is 24.3 Å². The first-order valence-corrected chi connectivity index (χ1v) is 10.0. The van der Waals surface area contributed by atoms with Gasteiger partial charge in [-0.3, -0.25) is 5.41 Å². The van der Waals surface area contributed by atoms with Crippen molar-refractivity contribution >= 4 is 28.7 Å². The number of methoxy groups -OCH3 is 1. The van der Waals surface area contributed by atoms with E-state index in [-0.39, 0.29) is 28.3 Å². The van der Waals surface area contributed by atoms with Crippen LogP contribution in [0.1, 0.15) is 37.4 Å². The van der Waals surface area contributed by atoms with Gasteiger partial charge in [0.05, 0.1) is 18.2 Å². The molecule has 0 aliphatic carbocycles. The van der Waals surface area contributed by atoms with Gasteiger partial charge < -0.3 is 25.7 Å². The highest BCUT2D eigenvalue weighted by atomic mass is 16.5. The maximum Gasteiger partial charge on any atom is 0.336 e. The number of ether oxygens (including phenoxy) is 1. The zero-order chi connectivity index (χ0) is 23.7. The monoisotopic (exact) mass is 443 g/mol. The summed E-state index contributed by atoms with van der Waals surface area (Å²) in [5.41, 5.74) is 9.08. The number of carboxylic acids is 2. The van der Waals surface area contributed by atoms with Crippen molar-refractivity contribution in [2.24, 2.45) is 5.73 Å². The second kappa shape index (κ2) is 8.51. The molecule has 0 saturated heterocycles. The van der Waals surface area contributed by atoms with Crippen LogP contribution in [0.2, 0.25) is 0 Å². The van der Waals surface area contributed by atoms with Gasteiger partial charge in [-0.2, -0.15) is 0 Å². The Labute approximate surface area is 188 Å². The van der Waals surface area contributed by atoms with Crippen LogP contribution in [-0.2, 0) is 6.42 Å². The van der Waals surface area contributed by atoms with Gasteiger partial charge in [-0.05, 0) is 47.0 Å². The Morgan fingerprint density at radius 1 is 1.00 bits per heavy atom. The molecule has 0 aliphatic heterocycles. The zero-order valence-corrected chi connectivity index (χ0v) is 17.7. The second-order valence-corrected chi connectivity index (χ2v) is 7.53. The number of carboxylic acid groups (broad SMARTS) is 2. The summed E-state index contributed by atoms with van der Waals surface area (Å²) < 4.78 is 5.12. The topological polar surface area (TPSA) is 149 Å². The molecule has 0 amide bonds. The largest absolute Gasteiger partial charge is 0.497 e. The highest BCUT2D eigenvalue weighted by molar-refractivity contribution is 6.06. The molecule has 166 valence electrons. The van der Waals surface area contributed by atoms with Crippen LogP contribution in [0.25, 0.3) is 22.0 Å². The van der Waals surface area contributed by atoms with Gasteiger partial charge in [0.15, 0.2) is 0 Å². The fourth-order valence-electron chi connectivity index (χ4n) is 3.98. The molecule has 33 heavy (non-hydrogen) atoms. The minimum atomic E-state index is -1.25. The van der Waals surface area contributed by atoms with E-state index >= 15 is 0 Å². The standard InChI is InChI=1S/C25H21N3O5/c1-33-16-10-19(24(29)30)22(20(11-16)25(31)32)17-5-3-2-4-13(17)8-15-12-28-21-7-6-14(23(26)27)9-18(15)21/h2-7,9-12,28H,8H2,1H3,(H3,26,27)(H,29,30)(H,31,32). The Hall–Kier alpha value is -4.59. The molecule has 0 aliphatic rings. The first kappa shape index (κ1) is 21.6. The Morgan fingerprint density at radius 2 is 1.67 bits per heavy atom. The normalized spacial score (nSPS) is 10.8. The number of carbonyl (C=O) groups is 2. The third kappa shape index (κ3) is 4.01. The minimum absolute atomic E-state index is 0.0418. The number of fused-ring (bicyclic) bond motifs is 1. The summed E-state index contributed by atoms with van der Waals surface area (Å²) in [6.07, 6.45) is 2.25. The molecule has 8 nitrogen and oxygen atoms in total. The number of nitrogens with one attached hydrogen (secondary N) is 2. The summed E-state index contributed by atoms with van der Waals surface area (Å²) in [6, 6.07) is 15.2. The van der Waals surface area contributed by atoms with Crippen molar-refractivity contribution in [3.8, 4) is 16.9 Å². The molecular formula is C25H21N3O5. The Morgan fingerprint density at radius 3 is 2.27 bits per heavy atom. The summed E-state index contributed by atoms with van der Waals surface area (Å²) in [7, 11) is 1.35. The number of aromatic carboxylic acids is 2. The number of nitrogen functional groups attached to an aromatic ring is 1. The third-order valence-electron chi connectivity index (χ3n) is 5.55. The fraction of sp³-hybridized carbons (Fsp3) is 0.0800. The maximum absolute atomic E-state index is 12.1. The lowest BCUT2D eigenvalue weighted by atomic mass is 9.88. The average Bonchev–Trinajstić information content (AvgIpc) is 3.20. The molecule has 0 unspecified atom stereocenters. The molecule has 0 spiro atoms. The first-order chi connectivity index (χ1) is 15.8. The van der Waals surface area contributed by atoms with E-state index in [4.69, 9.17) is 15.9 Å². The van der Waals surface area contributed by atoms with Crippen molar-refractivity contribution < 1.29 is 24.5 Å². The lowest BCUT2D eigenvalue weighted by molar-refractivity contribution is 0.0696. The lowest BCUT2D eigenvalue weighted by Crippen LogP contribution is -2.10. The smallest absolute Gasteiger partial charge is 0.336 e. The summed E-state index contributed by atoms with van der Waals surface area (Å²) in [6.45, 7) is 0. The van der Waals surface area contributed by atoms with Crippen LogP contribution < -0.4 is 10.5 Å². The number of aromatic nitrogens is 1. The molecule has 6 N–H and O–H groups in total. The fourth-order valence-corrected chi connectivity index (χ4v) is 3.98. The number of amidine groups is 1. The van der Waals surface area contributed by atoms with Gasteiger partial charge in [0.1, 0.15) is 11.6 Å². The van der Waals surface area contributed by atoms with E-state index in [2.05, 4.69) is 4.98 Å². The Bertz CT molecular complexity index is 1390. The van der Waals surface area contributed by atoms with Crippen LogP contribution in [0.5, 0.6) is 5.75 Å². The van der Waals surface area contributed by atoms with E-state index in [1.54, 1.807) is 18.2 Å². The van der Waals surface area contributed by atoms with E-state index in [9.17, 15) is 19.8 Å². The Kier molecular flexibility index (Phi) is 5.58. The van der Waals surface area contributed by atoms with Crippen molar-refractivity contribution in [2.75, 3.05) is 7.11 Å². The highest BCUT2D eigenvalue weighted by Gasteiger charge is 2.24. The van der Waals surface area contributed by atoms with Crippen molar-refractivity contribution in [1.29, 1.82) is 5.41 Å². The first-order valence-electron chi connectivity index (χ1n) is 10.0. The number of H-pyrrole nitrogens is 1. The van der Waals surface area contributed by atoms with E-state index in [0.29, 0.717) is 17.5 Å². The number of aromatic amines is 1. The molecule has 1 aromatic heterocycles. The van der Waals surface area contributed by atoms with Crippen molar-refractivity contribution in [3.63, 3.8) is 0 Å². The quantitative estimate of drug-likeness (QED) is 0.214. The van der Waals surface area contributed by atoms with E-state index in [1.807, 2.05) is 30.5 Å². The molecule has 3 aromatic carbocycles. The molecule has 1 heterocycles. The number of rotatable bonds is 7. The van der Waals surface area contributed by atoms with Crippen LogP contribution in [-0.4, -0.2) is 40.1 Å². The van der Waals surface area contributed by atoms with E-state index in [0.717, 1.165) is 22.0 Å². The average molecular weight is 443 g/mol. The van der Waals surface area contributed by atoms with Crippen LogP contribution in [0.3, 0.4) is 0 Å². The molecule has 0 atom stereocenters. The highest BCUT2D eigenvalue weighted by Crippen LogP contribution is 2.36. The molecule has 0 radical (unpaired) electrons. The second-order valence-electron chi connectivity index (χ2n) is 7.53. The van der Waals surface area contributed by atoms with Gasteiger partial charge in [0, 0.05) is 34.6 Å². The van der Waals surface area contributed by atoms with Gasteiger partial charge in [-0.15, -0.1) is 0 Å². The zero-order valence-electron chi connectivity index (χ0n) is 17.7. The van der Waals surface area contributed by atoms with Crippen LogP contribution >= 0.6 is 0 Å². The number of hydrogen-bond donors (Lipinski definition) is 5. The maximum atomic E-state index is 12.1. The summed E-state index contributed by atoms with van der Waals surface area (Å²) >= 11 is 0. The Balaban J connectivity index is 1.91. The molecule has 0 fully saturated rings. The van der Waals surface area contributed by atoms with Gasteiger partial charge in [0.2, 0.25) is 0 Å². The summed E-state index contributed by atoms with van der Waals surface area (Å²) in [5.74, 6) is -2.39. The third-order valence-corrected chi connectivity index (χ3v) is 5.55. The van der Waals surface area contributed by atoms with E-state index < -0.39 is 11.9 Å².